The Balaban J connectivity index is 2.29. The van der Waals surface area contributed by atoms with Gasteiger partial charge in [0.1, 0.15) is 6.61 Å². The predicted molar refractivity (Wildman–Crippen MR) is 70.9 cm³/mol. The van der Waals surface area contributed by atoms with E-state index >= 15 is 0 Å². The minimum atomic E-state index is -6.92. The Kier molecular flexibility index (Phi) is 6.05. The Hall–Kier alpha value is -1.45. The predicted octanol–water partition coefficient (Wildman–Crippen LogP) is 4.14. The second kappa shape index (κ2) is 7.31. The van der Waals surface area contributed by atoms with Crippen molar-refractivity contribution in [1.82, 2.24) is 4.90 Å². The van der Waals surface area contributed by atoms with Crippen LogP contribution in [0.15, 0.2) is 0 Å². The summed E-state index contributed by atoms with van der Waals surface area (Å²) in [6.45, 7) is -1.99. The third-order valence-electron chi connectivity index (χ3n) is 5.02. The first-order valence-electron chi connectivity index (χ1n) is 8.14. The van der Waals surface area contributed by atoms with Crippen molar-refractivity contribution >= 4 is 5.97 Å². The van der Waals surface area contributed by atoms with E-state index in [0.29, 0.717) is 0 Å². The fourth-order valence-corrected chi connectivity index (χ4v) is 3.76. The smallest absolute Gasteiger partial charge is 0.457 e. The zero-order valence-corrected chi connectivity index (χ0v) is 14.5. The summed E-state index contributed by atoms with van der Waals surface area (Å²) in [4.78, 5) is 11.9. The normalized spacial score (nSPS) is 26.7. The van der Waals surface area contributed by atoms with Crippen LogP contribution in [0.25, 0.3) is 0 Å². The molecule has 0 radical (unpaired) electrons. The van der Waals surface area contributed by atoms with E-state index in [-0.39, 0.29) is 19.4 Å². The molecule has 2 saturated heterocycles. The lowest BCUT2D eigenvalue weighted by Crippen LogP contribution is -2.68. The van der Waals surface area contributed by atoms with Gasteiger partial charge in [0.25, 0.3) is 0 Å². The summed E-state index contributed by atoms with van der Waals surface area (Å²) in [6, 6.07) is 0. The average Bonchev–Trinajstić information content (AvgIpc) is 3.01. The van der Waals surface area contributed by atoms with Gasteiger partial charge in [-0.1, -0.05) is 0 Å². The summed E-state index contributed by atoms with van der Waals surface area (Å²) in [7, 11) is 0. The van der Waals surface area contributed by atoms with Crippen LogP contribution in [-0.2, 0) is 14.3 Å². The minimum absolute atomic E-state index is 0.0551. The van der Waals surface area contributed by atoms with Crippen LogP contribution < -0.4 is 0 Å². The maximum Gasteiger partial charge on any atom is 0.490 e. The van der Waals surface area contributed by atoms with Crippen molar-refractivity contribution in [3.63, 3.8) is 0 Å². The number of hydrogen-bond acceptors (Lipinski definition) is 4. The highest BCUT2D eigenvalue weighted by Crippen LogP contribution is 2.56. The lowest BCUT2D eigenvalue weighted by molar-refractivity contribution is -0.463. The number of fused-ring (bicyclic) bond motifs is 1. The number of ether oxygens (including phenoxy) is 2. The molecular formula is C14H13F12NO3. The number of hydrogen-bond donors (Lipinski definition) is 0. The molecule has 0 aromatic rings. The first-order chi connectivity index (χ1) is 13.3. The highest BCUT2D eigenvalue weighted by atomic mass is 19.4. The van der Waals surface area contributed by atoms with Gasteiger partial charge in [-0.2, -0.15) is 52.7 Å². The third kappa shape index (κ3) is 4.16. The van der Waals surface area contributed by atoms with Gasteiger partial charge in [-0.3, -0.25) is 4.90 Å². The second-order valence-corrected chi connectivity index (χ2v) is 6.97. The van der Waals surface area contributed by atoms with Crippen molar-refractivity contribution in [2.75, 3.05) is 19.7 Å². The van der Waals surface area contributed by atoms with E-state index < -0.39 is 67.5 Å². The van der Waals surface area contributed by atoms with Crippen molar-refractivity contribution in [3.05, 3.63) is 0 Å². The molecule has 2 rings (SSSR count). The van der Waals surface area contributed by atoms with Crippen molar-refractivity contribution in [2.45, 2.75) is 61.2 Å². The van der Waals surface area contributed by atoms with Crippen molar-refractivity contribution in [2.24, 2.45) is 0 Å². The molecule has 0 amide bonds. The summed E-state index contributed by atoms with van der Waals surface area (Å²) >= 11 is 0. The van der Waals surface area contributed by atoms with Gasteiger partial charge in [0.2, 0.25) is 0 Å². The van der Waals surface area contributed by atoms with E-state index in [9.17, 15) is 57.5 Å². The molecule has 0 N–H and O–H groups in total. The molecule has 2 atom stereocenters. The van der Waals surface area contributed by atoms with Gasteiger partial charge in [0.15, 0.2) is 0 Å². The van der Waals surface area contributed by atoms with E-state index in [0.717, 1.165) is 4.90 Å². The molecule has 176 valence electrons. The fourth-order valence-electron chi connectivity index (χ4n) is 3.76. The summed E-state index contributed by atoms with van der Waals surface area (Å²) in [6.07, 6.45) is -29.3. The van der Waals surface area contributed by atoms with Crippen LogP contribution in [0.4, 0.5) is 52.7 Å². The Morgan fingerprint density at radius 1 is 0.900 bits per heavy atom. The minimum Gasteiger partial charge on any atom is -0.457 e. The zero-order chi connectivity index (χ0) is 23.4. The molecular weight excluding hydrogens is 458 g/mol. The molecule has 30 heavy (non-hydrogen) atoms. The van der Waals surface area contributed by atoms with Crippen molar-refractivity contribution in [3.8, 4) is 0 Å². The molecule has 0 aromatic heterocycles. The van der Waals surface area contributed by atoms with Crippen LogP contribution in [0.5, 0.6) is 0 Å². The number of nitrogens with zero attached hydrogens (tertiary/aromatic N) is 1. The van der Waals surface area contributed by atoms with Gasteiger partial charge in [-0.05, 0) is 25.8 Å². The number of alkyl halides is 12. The van der Waals surface area contributed by atoms with Crippen LogP contribution in [0.2, 0.25) is 0 Å². The Morgan fingerprint density at radius 3 is 1.83 bits per heavy atom. The van der Waals surface area contributed by atoms with Crippen LogP contribution in [0.1, 0.15) is 19.3 Å². The Morgan fingerprint density at radius 2 is 1.40 bits per heavy atom. The van der Waals surface area contributed by atoms with Gasteiger partial charge < -0.3 is 9.47 Å². The molecule has 0 aromatic carbocycles. The van der Waals surface area contributed by atoms with E-state index in [4.69, 9.17) is 0 Å². The maximum absolute atomic E-state index is 13.0. The van der Waals surface area contributed by atoms with Gasteiger partial charge in [-0.25, -0.2) is 4.79 Å². The molecule has 16 heteroatoms. The van der Waals surface area contributed by atoms with Crippen LogP contribution in [0, 0.1) is 0 Å². The Bertz CT molecular complexity index is 616. The van der Waals surface area contributed by atoms with Gasteiger partial charge in [-0.15, -0.1) is 0 Å². The summed E-state index contributed by atoms with van der Waals surface area (Å²) in [5, 5.41) is 0. The van der Waals surface area contributed by atoms with E-state index in [2.05, 4.69) is 9.47 Å². The summed E-state index contributed by atoms with van der Waals surface area (Å²) in [5.41, 5.74) is -8.15. The average molecular weight is 471 g/mol. The highest BCUT2D eigenvalue weighted by molar-refractivity contribution is 5.75. The number of halogens is 12. The molecule has 0 saturated carbocycles. The highest BCUT2D eigenvalue weighted by Gasteiger charge is 2.86. The van der Waals surface area contributed by atoms with Crippen LogP contribution >= 0.6 is 0 Å². The Labute approximate surface area is 160 Å². The molecule has 0 bridgehead atoms. The molecule has 2 fully saturated rings. The van der Waals surface area contributed by atoms with Crippen molar-refractivity contribution < 1.29 is 67.0 Å². The molecule has 0 aliphatic carbocycles. The van der Waals surface area contributed by atoms with E-state index in [1.54, 1.807) is 0 Å². The monoisotopic (exact) mass is 471 g/mol. The summed E-state index contributed by atoms with van der Waals surface area (Å²) in [5.74, 6) is -2.65. The quantitative estimate of drug-likeness (QED) is 0.457. The molecule has 0 unspecified atom stereocenters. The SMILES string of the molecule is O=C(OC[C@]12CCCN1C[C@H](OC(C(F)(F)F)(C(F)(F)F)C(F)(F)F)C2)C(F)(F)F. The number of carbonyl (C=O) groups excluding carboxylic acids is 1. The van der Waals surface area contributed by atoms with Gasteiger partial charge in [0, 0.05) is 6.54 Å². The van der Waals surface area contributed by atoms with Gasteiger partial charge in [0.05, 0.1) is 11.6 Å². The number of esters is 1. The molecule has 2 aliphatic rings. The third-order valence-corrected chi connectivity index (χ3v) is 5.02. The fraction of sp³-hybridized carbons (Fsp3) is 0.929. The van der Waals surface area contributed by atoms with Crippen molar-refractivity contribution in [1.29, 1.82) is 0 Å². The number of carbonyl (C=O) groups is 1. The van der Waals surface area contributed by atoms with Gasteiger partial charge >= 0.3 is 36.3 Å². The topological polar surface area (TPSA) is 38.8 Å². The second-order valence-electron chi connectivity index (χ2n) is 6.97. The van der Waals surface area contributed by atoms with E-state index in [1.165, 1.54) is 0 Å². The lowest BCUT2D eigenvalue weighted by atomic mass is 9.93. The molecule has 2 heterocycles. The summed E-state index contributed by atoms with van der Waals surface area (Å²) < 4.78 is 162. The first kappa shape index (κ1) is 24.8. The number of rotatable bonds is 4. The molecule has 0 spiro atoms. The largest absolute Gasteiger partial charge is 0.490 e. The lowest BCUT2D eigenvalue weighted by Gasteiger charge is -2.39. The van der Waals surface area contributed by atoms with E-state index in [1.807, 2.05) is 0 Å². The van der Waals surface area contributed by atoms with Crippen LogP contribution in [-0.4, -0.2) is 72.5 Å². The molecule has 2 aliphatic heterocycles. The van der Waals surface area contributed by atoms with Crippen LogP contribution in [0.3, 0.4) is 0 Å². The molecule has 4 nitrogen and oxygen atoms in total. The maximum atomic E-state index is 13.0. The first-order valence-corrected chi connectivity index (χ1v) is 8.14. The standard InChI is InChI=1S/C14H13F12NO3/c15-10(16,17)8(28)29-6-9-2-1-3-27(9)5-7(4-9)30-11(12(18,19)20,13(21,22)23)14(24,25)26/h7H,1-6H2/t7-,9-/m1/s1. The zero-order valence-electron chi connectivity index (χ0n) is 14.5.